The van der Waals surface area contributed by atoms with Crippen molar-refractivity contribution in [1.82, 2.24) is 14.5 Å². The van der Waals surface area contributed by atoms with Crippen LogP contribution in [0.4, 0.5) is 4.39 Å². The fraction of sp³-hybridized carbons (Fsp3) is 0.269. The number of aromatic nitrogens is 2. The summed E-state index contributed by atoms with van der Waals surface area (Å²) in [5.41, 5.74) is 2.12. The molecule has 194 valence electrons. The molecule has 0 saturated heterocycles. The van der Waals surface area contributed by atoms with Crippen molar-refractivity contribution in [2.45, 2.75) is 42.1 Å². The van der Waals surface area contributed by atoms with Crippen LogP contribution in [0.25, 0.3) is 16.6 Å². The number of hydrogen-bond donors (Lipinski definition) is 1. The number of nitrogens with zero attached hydrogens (tertiary/aromatic N) is 2. The van der Waals surface area contributed by atoms with Gasteiger partial charge in [0.1, 0.15) is 17.7 Å². The molecule has 0 spiro atoms. The molecule has 8 nitrogen and oxygen atoms in total. The Hall–Kier alpha value is -3.28. The first-order valence-electron chi connectivity index (χ1n) is 11.7. The Balaban J connectivity index is 1.46. The lowest BCUT2D eigenvalue weighted by Crippen LogP contribution is -2.40. The predicted molar refractivity (Wildman–Crippen MR) is 138 cm³/mol. The van der Waals surface area contributed by atoms with Gasteiger partial charge in [0.05, 0.1) is 33.6 Å². The van der Waals surface area contributed by atoms with Crippen molar-refractivity contribution in [2.24, 2.45) is 0 Å². The van der Waals surface area contributed by atoms with Crippen LogP contribution in [-0.4, -0.2) is 44.2 Å². The quantitative estimate of drug-likeness (QED) is 0.340. The average molecular weight is 544 g/mol. The molecular weight excluding hydrogens is 517 g/mol. The van der Waals surface area contributed by atoms with Gasteiger partial charge in [-0.1, -0.05) is 12.1 Å². The first-order valence-corrected chi connectivity index (χ1v) is 15.2. The summed E-state index contributed by atoms with van der Waals surface area (Å²) < 4.78 is 73.1. The zero-order valence-electron chi connectivity index (χ0n) is 20.2. The topological polar surface area (TPSA) is 107 Å². The van der Waals surface area contributed by atoms with Crippen LogP contribution >= 0.6 is 0 Å². The number of sulfone groups is 1. The fourth-order valence-electron chi connectivity index (χ4n) is 4.18. The Morgan fingerprint density at radius 3 is 2.30 bits per heavy atom. The summed E-state index contributed by atoms with van der Waals surface area (Å²) in [7, 11) is -6.88. The van der Waals surface area contributed by atoms with E-state index in [0.29, 0.717) is 29.8 Å². The second kappa shape index (κ2) is 9.55. The molecule has 1 aliphatic rings. The molecule has 0 unspecified atom stereocenters. The van der Waals surface area contributed by atoms with E-state index >= 15 is 0 Å². The van der Waals surface area contributed by atoms with E-state index in [1.165, 1.54) is 24.3 Å². The maximum absolute atomic E-state index is 13.3. The van der Waals surface area contributed by atoms with E-state index in [2.05, 4.69) is 9.82 Å². The predicted octanol–water partition coefficient (Wildman–Crippen LogP) is 4.16. The molecule has 1 heterocycles. The van der Waals surface area contributed by atoms with Crippen molar-refractivity contribution in [3.05, 3.63) is 84.3 Å². The fourth-order valence-corrected chi connectivity index (χ4v) is 6.40. The molecule has 0 bridgehead atoms. The highest BCUT2D eigenvalue weighted by atomic mass is 32.2. The van der Waals surface area contributed by atoms with Gasteiger partial charge in [0, 0.05) is 11.6 Å². The third-order valence-electron chi connectivity index (χ3n) is 6.28. The molecule has 4 aromatic rings. The smallest absolute Gasteiger partial charge is 0.214 e. The summed E-state index contributed by atoms with van der Waals surface area (Å²) in [6.45, 7) is 1.72. The number of benzene rings is 3. The van der Waals surface area contributed by atoms with Crippen LogP contribution in [0.2, 0.25) is 0 Å². The lowest BCUT2D eigenvalue weighted by Gasteiger charge is -2.26. The molecule has 1 fully saturated rings. The van der Waals surface area contributed by atoms with Crippen molar-refractivity contribution in [1.29, 1.82) is 0 Å². The maximum atomic E-state index is 13.3. The van der Waals surface area contributed by atoms with Crippen LogP contribution in [-0.2, 0) is 19.9 Å². The molecule has 0 amide bonds. The minimum Gasteiger partial charge on any atom is -0.484 e. The highest BCUT2D eigenvalue weighted by Crippen LogP contribution is 2.32. The van der Waals surface area contributed by atoms with E-state index in [4.69, 9.17) is 4.74 Å². The molecule has 1 aromatic heterocycles. The second-order valence-electron chi connectivity index (χ2n) is 9.28. The number of nitrogens with one attached hydrogen (secondary N) is 1. The van der Waals surface area contributed by atoms with Gasteiger partial charge < -0.3 is 4.74 Å². The molecule has 1 aliphatic carbocycles. The van der Waals surface area contributed by atoms with Crippen molar-refractivity contribution in [3.63, 3.8) is 0 Å². The summed E-state index contributed by atoms with van der Waals surface area (Å²) in [5.74, 6) is 0.152. The molecule has 5 rings (SSSR count). The Kier molecular flexibility index (Phi) is 6.55. The van der Waals surface area contributed by atoms with Crippen molar-refractivity contribution in [3.8, 4) is 11.4 Å². The van der Waals surface area contributed by atoms with E-state index in [0.717, 1.165) is 17.2 Å². The summed E-state index contributed by atoms with van der Waals surface area (Å²) in [4.78, 5) is 0.163. The van der Waals surface area contributed by atoms with Crippen LogP contribution in [0.5, 0.6) is 5.75 Å². The molecule has 0 radical (unpaired) electrons. The van der Waals surface area contributed by atoms with Crippen LogP contribution in [0.1, 0.15) is 31.4 Å². The lowest BCUT2D eigenvalue weighted by atomic mass is 10.0. The summed E-state index contributed by atoms with van der Waals surface area (Å²) in [6.07, 6.45) is 3.33. The Morgan fingerprint density at radius 1 is 1.00 bits per heavy atom. The molecule has 0 aliphatic heterocycles. The number of sulfonamides is 1. The SMILES string of the molecule is C[C@H](NS(=O)(=O)C1CC1)[C@@H](Oc1ccc2c(cnn2-c2ccc(F)cc2)c1)c1ccc(S(C)(=O)=O)cc1. The first-order chi connectivity index (χ1) is 17.5. The van der Waals surface area contributed by atoms with E-state index < -0.39 is 37.3 Å². The van der Waals surface area contributed by atoms with Gasteiger partial charge in [-0.3, -0.25) is 0 Å². The third kappa shape index (κ3) is 5.53. The molecule has 2 atom stereocenters. The molecule has 3 aromatic carbocycles. The number of ether oxygens (including phenoxy) is 1. The van der Waals surface area contributed by atoms with Gasteiger partial charge in [0.15, 0.2) is 9.84 Å². The largest absolute Gasteiger partial charge is 0.484 e. The van der Waals surface area contributed by atoms with Crippen molar-refractivity contribution in [2.75, 3.05) is 6.26 Å². The van der Waals surface area contributed by atoms with Crippen molar-refractivity contribution >= 4 is 30.8 Å². The van der Waals surface area contributed by atoms with Crippen LogP contribution < -0.4 is 9.46 Å². The molecule has 1 saturated carbocycles. The minimum atomic E-state index is -3.49. The summed E-state index contributed by atoms with van der Waals surface area (Å²) >= 11 is 0. The number of rotatable bonds is 9. The number of hydrogen-bond acceptors (Lipinski definition) is 6. The zero-order chi connectivity index (χ0) is 26.4. The third-order valence-corrected chi connectivity index (χ3v) is 9.46. The summed E-state index contributed by atoms with van der Waals surface area (Å²) in [6, 6.07) is 17.0. The normalized spacial score (nSPS) is 16.0. The van der Waals surface area contributed by atoms with E-state index in [9.17, 15) is 21.2 Å². The second-order valence-corrected chi connectivity index (χ2v) is 13.3. The molecule has 11 heteroatoms. The molecule has 1 N–H and O–H groups in total. The molecular formula is C26H26FN3O5S2. The Labute approximate surface area is 215 Å². The van der Waals surface area contributed by atoms with Gasteiger partial charge in [-0.25, -0.2) is 30.6 Å². The monoisotopic (exact) mass is 543 g/mol. The van der Waals surface area contributed by atoms with Gasteiger partial charge >= 0.3 is 0 Å². The van der Waals surface area contributed by atoms with Gasteiger partial charge in [-0.15, -0.1) is 0 Å². The minimum absolute atomic E-state index is 0.163. The summed E-state index contributed by atoms with van der Waals surface area (Å²) in [5, 5.41) is 4.79. The Bertz CT molecular complexity index is 1650. The van der Waals surface area contributed by atoms with Gasteiger partial charge in [-0.2, -0.15) is 5.10 Å². The highest BCUT2D eigenvalue weighted by Gasteiger charge is 2.38. The number of halogens is 1. The van der Waals surface area contributed by atoms with E-state index in [1.807, 2.05) is 6.07 Å². The van der Waals surface area contributed by atoms with Gasteiger partial charge in [-0.05, 0) is 79.9 Å². The van der Waals surface area contributed by atoms with Crippen LogP contribution in [0.15, 0.2) is 77.8 Å². The highest BCUT2D eigenvalue weighted by molar-refractivity contribution is 7.90. The van der Waals surface area contributed by atoms with Crippen LogP contribution in [0, 0.1) is 5.82 Å². The van der Waals surface area contributed by atoms with Crippen molar-refractivity contribution < 1.29 is 26.0 Å². The lowest BCUT2D eigenvalue weighted by molar-refractivity contribution is 0.173. The van der Waals surface area contributed by atoms with Gasteiger partial charge in [0.2, 0.25) is 10.0 Å². The maximum Gasteiger partial charge on any atom is 0.214 e. The first kappa shape index (κ1) is 25.4. The van der Waals surface area contributed by atoms with E-state index in [-0.39, 0.29) is 10.7 Å². The Morgan fingerprint density at radius 2 is 1.68 bits per heavy atom. The average Bonchev–Trinajstić information content (AvgIpc) is 3.64. The van der Waals surface area contributed by atoms with Crippen LogP contribution in [0.3, 0.4) is 0 Å². The number of fused-ring (bicyclic) bond motifs is 1. The van der Waals surface area contributed by atoms with Gasteiger partial charge in [0.25, 0.3) is 0 Å². The van der Waals surface area contributed by atoms with E-state index in [1.54, 1.807) is 54.2 Å². The standard InChI is InChI=1S/C26H26FN3O5S2/c1-17(29-37(33,34)24-12-13-24)26(18-3-10-23(11-4-18)36(2,31)32)35-22-9-14-25-19(15-22)16-28-30(25)21-7-5-20(27)6-8-21/h3-11,14-17,24,26,29H,12-13H2,1-2H3/t17-,26+/m0/s1. The zero-order valence-corrected chi connectivity index (χ0v) is 21.8. The molecule has 37 heavy (non-hydrogen) atoms.